The molecule has 2 aliphatic rings. The normalized spacial score (nSPS) is 29.6. The van der Waals surface area contributed by atoms with Crippen molar-refractivity contribution in [2.75, 3.05) is 20.1 Å². The van der Waals surface area contributed by atoms with Crippen molar-refractivity contribution in [1.29, 1.82) is 0 Å². The molecule has 0 aromatic carbocycles. The van der Waals surface area contributed by atoms with Gasteiger partial charge in [0.05, 0.1) is 0 Å². The maximum atomic E-state index is 11.9. The molecule has 104 valence electrons. The Morgan fingerprint density at radius 2 is 2.06 bits per heavy atom. The molecule has 2 unspecified atom stereocenters. The molecule has 0 radical (unpaired) electrons. The average Bonchev–Trinajstić information content (AvgIpc) is 3.15. The molecule has 4 nitrogen and oxygen atoms in total. The number of carbonyl (C=O) groups is 1. The summed E-state index contributed by atoms with van der Waals surface area (Å²) in [4.78, 5) is 14.4. The smallest absolute Gasteiger partial charge is 0.239 e. The van der Waals surface area contributed by atoms with Crippen LogP contribution in [0.4, 0.5) is 0 Å². The Labute approximate surface area is 110 Å². The van der Waals surface area contributed by atoms with E-state index in [2.05, 4.69) is 17.1 Å². The van der Waals surface area contributed by atoms with E-state index in [1.807, 2.05) is 7.05 Å². The van der Waals surface area contributed by atoms with Crippen LogP contribution < -0.4 is 11.1 Å². The van der Waals surface area contributed by atoms with Gasteiger partial charge in [0.15, 0.2) is 0 Å². The van der Waals surface area contributed by atoms with Gasteiger partial charge in [-0.05, 0) is 52.1 Å². The first kappa shape index (κ1) is 13.8. The zero-order chi connectivity index (χ0) is 13.2. The highest BCUT2D eigenvalue weighted by atomic mass is 16.1. The number of nitrogens with zero attached hydrogens (tertiary/aromatic N) is 1. The fourth-order valence-electron chi connectivity index (χ4n) is 3.28. The van der Waals surface area contributed by atoms with Crippen LogP contribution in [0.5, 0.6) is 0 Å². The second kappa shape index (κ2) is 5.57. The molecule has 1 heterocycles. The van der Waals surface area contributed by atoms with E-state index >= 15 is 0 Å². The van der Waals surface area contributed by atoms with Crippen LogP contribution in [0.3, 0.4) is 0 Å². The van der Waals surface area contributed by atoms with Crippen LogP contribution in [-0.2, 0) is 4.79 Å². The lowest BCUT2D eigenvalue weighted by Gasteiger charge is -2.38. The van der Waals surface area contributed by atoms with Crippen LogP contribution in [0, 0.1) is 5.92 Å². The van der Waals surface area contributed by atoms with Crippen LogP contribution >= 0.6 is 0 Å². The Morgan fingerprint density at radius 1 is 1.33 bits per heavy atom. The monoisotopic (exact) mass is 253 g/mol. The molecule has 0 bridgehead atoms. The summed E-state index contributed by atoms with van der Waals surface area (Å²) in [5.74, 6) is 0.263. The van der Waals surface area contributed by atoms with Crippen LogP contribution in [-0.4, -0.2) is 42.5 Å². The minimum Gasteiger partial charge on any atom is -0.368 e. The number of likely N-dealkylation sites (tertiary alicyclic amines) is 1. The Kier molecular flexibility index (Phi) is 4.28. The van der Waals surface area contributed by atoms with E-state index < -0.39 is 5.54 Å². The number of primary amides is 1. The summed E-state index contributed by atoms with van der Waals surface area (Å²) in [5, 5.41) is 3.25. The van der Waals surface area contributed by atoms with Crippen molar-refractivity contribution in [3.05, 3.63) is 0 Å². The molecule has 2 atom stereocenters. The van der Waals surface area contributed by atoms with E-state index in [1.165, 1.54) is 25.7 Å². The third-order valence-corrected chi connectivity index (χ3v) is 4.80. The second-order valence-electron chi connectivity index (χ2n) is 6.03. The first-order chi connectivity index (χ1) is 8.60. The molecule has 1 saturated carbocycles. The Hall–Kier alpha value is -0.610. The van der Waals surface area contributed by atoms with Crippen molar-refractivity contribution in [1.82, 2.24) is 10.2 Å². The number of hydrogen-bond acceptors (Lipinski definition) is 3. The molecule has 2 fully saturated rings. The van der Waals surface area contributed by atoms with E-state index in [-0.39, 0.29) is 5.91 Å². The summed E-state index contributed by atoms with van der Waals surface area (Å²) >= 11 is 0. The molecule has 4 heteroatoms. The van der Waals surface area contributed by atoms with Gasteiger partial charge in [-0.15, -0.1) is 0 Å². The molecule has 0 aromatic heterocycles. The van der Waals surface area contributed by atoms with E-state index in [0.29, 0.717) is 12.0 Å². The van der Waals surface area contributed by atoms with Crippen molar-refractivity contribution >= 4 is 5.91 Å². The lowest BCUT2D eigenvalue weighted by molar-refractivity contribution is -0.126. The number of likely N-dealkylation sites (N-methyl/N-ethyl adjacent to an activating group) is 1. The average molecular weight is 253 g/mol. The summed E-state index contributed by atoms with van der Waals surface area (Å²) in [6.45, 7) is 4.16. The van der Waals surface area contributed by atoms with Crippen LogP contribution in [0.15, 0.2) is 0 Å². The minimum atomic E-state index is -0.501. The number of nitrogens with two attached hydrogens (primary N) is 1. The largest absolute Gasteiger partial charge is 0.368 e. The van der Waals surface area contributed by atoms with Gasteiger partial charge >= 0.3 is 0 Å². The van der Waals surface area contributed by atoms with Crippen LogP contribution in [0.2, 0.25) is 0 Å². The van der Waals surface area contributed by atoms with Gasteiger partial charge < -0.3 is 11.1 Å². The maximum absolute atomic E-state index is 11.9. The SMILES string of the molecule is CNC(CN1CCCCCC1C)(C(N)=O)C1CC1. The molecular weight excluding hydrogens is 226 g/mol. The van der Waals surface area contributed by atoms with Crippen molar-refractivity contribution in [3.63, 3.8) is 0 Å². The van der Waals surface area contributed by atoms with E-state index in [1.54, 1.807) is 0 Å². The van der Waals surface area contributed by atoms with Crippen LogP contribution in [0.1, 0.15) is 45.4 Å². The standard InChI is InChI=1S/C14H27N3O/c1-11-6-4-3-5-9-17(11)10-14(16-2,13(15)18)12-7-8-12/h11-12,16H,3-10H2,1-2H3,(H2,15,18). The first-order valence-electron chi connectivity index (χ1n) is 7.33. The zero-order valence-electron chi connectivity index (χ0n) is 11.7. The van der Waals surface area contributed by atoms with Crippen molar-refractivity contribution in [3.8, 4) is 0 Å². The quantitative estimate of drug-likeness (QED) is 0.771. The van der Waals surface area contributed by atoms with Crippen molar-refractivity contribution in [2.24, 2.45) is 11.7 Å². The lowest BCUT2D eigenvalue weighted by Crippen LogP contribution is -2.63. The van der Waals surface area contributed by atoms with Gasteiger partial charge in [0.2, 0.25) is 5.91 Å². The van der Waals surface area contributed by atoms with E-state index in [4.69, 9.17) is 5.73 Å². The molecule has 1 aliphatic carbocycles. The molecule has 1 saturated heterocycles. The fourth-order valence-corrected chi connectivity index (χ4v) is 3.28. The fraction of sp³-hybridized carbons (Fsp3) is 0.929. The van der Waals surface area contributed by atoms with Gasteiger partial charge in [-0.2, -0.15) is 0 Å². The number of carbonyl (C=O) groups excluding carboxylic acids is 1. The summed E-state index contributed by atoms with van der Waals surface area (Å²) in [6.07, 6.45) is 7.37. The van der Waals surface area contributed by atoms with E-state index in [0.717, 1.165) is 25.9 Å². The molecule has 0 aromatic rings. The Morgan fingerprint density at radius 3 is 2.61 bits per heavy atom. The van der Waals surface area contributed by atoms with Gasteiger partial charge in [-0.25, -0.2) is 0 Å². The second-order valence-corrected chi connectivity index (χ2v) is 6.03. The van der Waals surface area contributed by atoms with Gasteiger partial charge in [-0.3, -0.25) is 9.69 Å². The number of amides is 1. The highest BCUT2D eigenvalue weighted by Crippen LogP contribution is 2.40. The topological polar surface area (TPSA) is 58.4 Å². The maximum Gasteiger partial charge on any atom is 0.239 e. The van der Waals surface area contributed by atoms with Gasteiger partial charge in [0, 0.05) is 12.6 Å². The molecule has 1 aliphatic heterocycles. The molecule has 3 N–H and O–H groups in total. The number of rotatable bonds is 5. The van der Waals surface area contributed by atoms with Crippen molar-refractivity contribution in [2.45, 2.75) is 57.0 Å². The zero-order valence-corrected chi connectivity index (χ0v) is 11.7. The van der Waals surface area contributed by atoms with Gasteiger partial charge in [-0.1, -0.05) is 12.8 Å². The summed E-state index contributed by atoms with van der Waals surface area (Å²) < 4.78 is 0. The summed E-state index contributed by atoms with van der Waals surface area (Å²) in [6, 6.07) is 0.568. The van der Waals surface area contributed by atoms with Crippen LogP contribution in [0.25, 0.3) is 0 Å². The summed E-state index contributed by atoms with van der Waals surface area (Å²) in [5.41, 5.74) is 5.20. The molecule has 0 spiro atoms. The van der Waals surface area contributed by atoms with Gasteiger partial charge in [0.25, 0.3) is 0 Å². The minimum absolute atomic E-state index is 0.177. The third-order valence-electron chi connectivity index (χ3n) is 4.80. The Bertz CT molecular complexity index is 303. The predicted molar refractivity (Wildman–Crippen MR) is 73.2 cm³/mol. The highest BCUT2D eigenvalue weighted by Gasteiger charge is 2.50. The number of hydrogen-bond donors (Lipinski definition) is 2. The third kappa shape index (κ3) is 2.69. The Balaban J connectivity index is 2.09. The van der Waals surface area contributed by atoms with E-state index in [9.17, 15) is 4.79 Å². The summed E-state index contributed by atoms with van der Waals surface area (Å²) in [7, 11) is 1.88. The highest BCUT2D eigenvalue weighted by molar-refractivity contribution is 5.86. The lowest BCUT2D eigenvalue weighted by atomic mass is 9.91. The molecule has 1 amide bonds. The number of nitrogens with one attached hydrogen (secondary N) is 1. The van der Waals surface area contributed by atoms with Crippen molar-refractivity contribution < 1.29 is 4.79 Å². The molecular formula is C14H27N3O. The molecule has 18 heavy (non-hydrogen) atoms. The van der Waals surface area contributed by atoms with Gasteiger partial charge in [0.1, 0.15) is 5.54 Å². The predicted octanol–water partition coefficient (Wildman–Crippen LogP) is 1.10. The molecule has 2 rings (SSSR count). The first-order valence-corrected chi connectivity index (χ1v) is 7.33.